The van der Waals surface area contributed by atoms with Gasteiger partial charge in [-0.1, -0.05) is 6.92 Å². The lowest BCUT2D eigenvalue weighted by atomic mass is 10.5. The standard InChI is InChI=1S/C8H12N2O4S2/c1-2-5-9-16(13,14)10-7-4-3-6(15-7)8(11)12/h3-4,9-10H,2,5H2,1H3,(H,11,12). The number of thiophene rings is 1. The van der Waals surface area contributed by atoms with E-state index in [1.54, 1.807) is 0 Å². The summed E-state index contributed by atoms with van der Waals surface area (Å²) in [6, 6.07) is 2.77. The molecule has 0 radical (unpaired) electrons. The Labute approximate surface area is 97.5 Å². The minimum absolute atomic E-state index is 0.0909. The highest BCUT2D eigenvalue weighted by molar-refractivity contribution is 7.91. The third-order valence-electron chi connectivity index (χ3n) is 1.59. The van der Waals surface area contributed by atoms with Gasteiger partial charge in [-0.05, 0) is 18.6 Å². The van der Waals surface area contributed by atoms with Crippen molar-refractivity contribution >= 4 is 32.5 Å². The third kappa shape index (κ3) is 3.80. The van der Waals surface area contributed by atoms with Crippen molar-refractivity contribution in [1.82, 2.24) is 4.72 Å². The first-order chi connectivity index (χ1) is 7.44. The van der Waals surface area contributed by atoms with Gasteiger partial charge in [0.2, 0.25) is 0 Å². The number of anilines is 1. The maximum absolute atomic E-state index is 11.4. The molecular weight excluding hydrogens is 252 g/mol. The molecule has 90 valence electrons. The van der Waals surface area contributed by atoms with Gasteiger partial charge >= 0.3 is 5.97 Å². The van der Waals surface area contributed by atoms with Crippen molar-refractivity contribution in [2.24, 2.45) is 0 Å². The van der Waals surface area contributed by atoms with E-state index in [1.165, 1.54) is 12.1 Å². The van der Waals surface area contributed by atoms with Crippen LogP contribution in [0.25, 0.3) is 0 Å². The molecule has 3 N–H and O–H groups in total. The van der Waals surface area contributed by atoms with E-state index in [2.05, 4.69) is 9.44 Å². The molecule has 16 heavy (non-hydrogen) atoms. The van der Waals surface area contributed by atoms with Gasteiger partial charge in [0.1, 0.15) is 9.88 Å². The number of carbonyl (C=O) groups is 1. The molecule has 1 heterocycles. The predicted molar refractivity (Wildman–Crippen MR) is 62.1 cm³/mol. The predicted octanol–water partition coefficient (Wildman–Crippen LogP) is 1.10. The molecule has 1 rings (SSSR count). The summed E-state index contributed by atoms with van der Waals surface area (Å²) >= 11 is 0.871. The third-order valence-corrected chi connectivity index (χ3v) is 3.78. The fourth-order valence-corrected chi connectivity index (χ4v) is 2.88. The van der Waals surface area contributed by atoms with Crippen molar-refractivity contribution in [1.29, 1.82) is 0 Å². The zero-order chi connectivity index (χ0) is 12.2. The fraction of sp³-hybridized carbons (Fsp3) is 0.375. The summed E-state index contributed by atoms with van der Waals surface area (Å²) < 4.78 is 27.3. The monoisotopic (exact) mass is 264 g/mol. The molecule has 0 amide bonds. The Morgan fingerprint density at radius 3 is 2.69 bits per heavy atom. The topological polar surface area (TPSA) is 95.5 Å². The van der Waals surface area contributed by atoms with Crippen LogP contribution in [0.4, 0.5) is 5.00 Å². The average Bonchev–Trinajstić information content (AvgIpc) is 2.62. The molecule has 0 aliphatic rings. The van der Waals surface area contributed by atoms with E-state index in [4.69, 9.17) is 5.11 Å². The van der Waals surface area contributed by atoms with Crippen molar-refractivity contribution in [3.8, 4) is 0 Å². The van der Waals surface area contributed by atoms with E-state index in [1.807, 2.05) is 6.92 Å². The number of nitrogens with one attached hydrogen (secondary N) is 2. The molecule has 1 aromatic rings. The Hall–Kier alpha value is -1.12. The van der Waals surface area contributed by atoms with Crippen LogP contribution in [0.5, 0.6) is 0 Å². The lowest BCUT2D eigenvalue weighted by Gasteiger charge is -2.05. The van der Waals surface area contributed by atoms with Crippen LogP contribution >= 0.6 is 11.3 Å². The molecule has 8 heteroatoms. The van der Waals surface area contributed by atoms with Gasteiger partial charge in [0.05, 0.1) is 0 Å². The van der Waals surface area contributed by atoms with E-state index in [0.717, 1.165) is 11.3 Å². The van der Waals surface area contributed by atoms with E-state index < -0.39 is 16.2 Å². The van der Waals surface area contributed by atoms with Gasteiger partial charge < -0.3 is 5.11 Å². The van der Waals surface area contributed by atoms with Gasteiger partial charge in [-0.2, -0.15) is 13.1 Å². The summed E-state index contributed by atoms with van der Waals surface area (Å²) in [5, 5.41) is 8.93. The van der Waals surface area contributed by atoms with E-state index in [-0.39, 0.29) is 9.88 Å². The molecule has 0 aliphatic carbocycles. The zero-order valence-electron chi connectivity index (χ0n) is 8.56. The number of carboxylic acid groups (broad SMARTS) is 1. The SMILES string of the molecule is CCCNS(=O)(=O)Nc1ccc(C(=O)O)s1. The van der Waals surface area contributed by atoms with Crippen LogP contribution in [0.15, 0.2) is 12.1 Å². The molecule has 0 saturated carbocycles. The lowest BCUT2D eigenvalue weighted by Crippen LogP contribution is -2.30. The van der Waals surface area contributed by atoms with Gasteiger partial charge in [0, 0.05) is 6.54 Å². The van der Waals surface area contributed by atoms with Crippen LogP contribution in [0.2, 0.25) is 0 Å². The van der Waals surface area contributed by atoms with Crippen molar-refractivity contribution in [3.63, 3.8) is 0 Å². The smallest absolute Gasteiger partial charge is 0.345 e. The number of rotatable bonds is 6. The first kappa shape index (κ1) is 12.9. The quantitative estimate of drug-likeness (QED) is 0.717. The largest absolute Gasteiger partial charge is 0.477 e. The van der Waals surface area contributed by atoms with Crippen LogP contribution in [0.3, 0.4) is 0 Å². The summed E-state index contributed by atoms with van der Waals surface area (Å²) in [7, 11) is -3.59. The fourth-order valence-electron chi connectivity index (χ4n) is 0.913. The molecule has 0 fully saturated rings. The molecule has 0 spiro atoms. The van der Waals surface area contributed by atoms with Gasteiger partial charge in [-0.15, -0.1) is 11.3 Å². The van der Waals surface area contributed by atoms with Crippen molar-refractivity contribution in [2.75, 3.05) is 11.3 Å². The Bertz CT molecular complexity index is 466. The highest BCUT2D eigenvalue weighted by atomic mass is 32.2. The maximum Gasteiger partial charge on any atom is 0.345 e. The Morgan fingerprint density at radius 1 is 1.50 bits per heavy atom. The zero-order valence-corrected chi connectivity index (χ0v) is 10.2. The molecule has 1 aromatic heterocycles. The molecule has 6 nitrogen and oxygen atoms in total. The minimum Gasteiger partial charge on any atom is -0.477 e. The molecule has 0 unspecified atom stereocenters. The van der Waals surface area contributed by atoms with Crippen LogP contribution in [-0.4, -0.2) is 26.0 Å². The normalized spacial score (nSPS) is 11.3. The second-order valence-electron chi connectivity index (χ2n) is 2.97. The highest BCUT2D eigenvalue weighted by Crippen LogP contribution is 2.22. The number of hydrogen-bond acceptors (Lipinski definition) is 4. The van der Waals surface area contributed by atoms with Crippen LogP contribution in [0.1, 0.15) is 23.0 Å². The van der Waals surface area contributed by atoms with Crippen LogP contribution in [-0.2, 0) is 10.2 Å². The molecule has 0 bridgehead atoms. The Balaban J connectivity index is 2.69. The van der Waals surface area contributed by atoms with Gasteiger partial charge in [0.25, 0.3) is 10.2 Å². The van der Waals surface area contributed by atoms with Gasteiger partial charge in [-0.25, -0.2) is 4.79 Å². The molecule has 0 aliphatic heterocycles. The summed E-state index contributed by atoms with van der Waals surface area (Å²) in [5.74, 6) is -1.07. The second-order valence-corrected chi connectivity index (χ2v) is 5.55. The lowest BCUT2D eigenvalue weighted by molar-refractivity contribution is 0.0702. The second kappa shape index (κ2) is 5.28. The summed E-state index contributed by atoms with van der Waals surface area (Å²) in [6.07, 6.45) is 0.686. The van der Waals surface area contributed by atoms with Crippen molar-refractivity contribution < 1.29 is 18.3 Å². The summed E-state index contributed by atoms with van der Waals surface area (Å²) in [5.41, 5.74) is 0. The Kier molecular flexibility index (Phi) is 4.27. The number of hydrogen-bond donors (Lipinski definition) is 3. The van der Waals surface area contributed by atoms with Crippen molar-refractivity contribution in [2.45, 2.75) is 13.3 Å². The van der Waals surface area contributed by atoms with E-state index in [0.29, 0.717) is 13.0 Å². The Morgan fingerprint density at radius 2 is 2.19 bits per heavy atom. The summed E-state index contributed by atoms with van der Waals surface area (Å²) in [4.78, 5) is 10.7. The van der Waals surface area contributed by atoms with Crippen LogP contribution < -0.4 is 9.44 Å². The molecule has 0 atom stereocenters. The summed E-state index contributed by atoms with van der Waals surface area (Å²) in [6.45, 7) is 2.18. The van der Waals surface area contributed by atoms with Crippen LogP contribution in [0, 0.1) is 0 Å². The molecular formula is C8H12N2O4S2. The maximum atomic E-state index is 11.4. The average molecular weight is 264 g/mol. The van der Waals surface area contributed by atoms with Gasteiger partial charge in [0.15, 0.2) is 0 Å². The van der Waals surface area contributed by atoms with Crippen molar-refractivity contribution in [3.05, 3.63) is 17.0 Å². The van der Waals surface area contributed by atoms with Gasteiger partial charge in [-0.3, -0.25) is 4.72 Å². The van der Waals surface area contributed by atoms with E-state index in [9.17, 15) is 13.2 Å². The number of aromatic carboxylic acids is 1. The first-order valence-electron chi connectivity index (χ1n) is 4.55. The highest BCUT2D eigenvalue weighted by Gasteiger charge is 2.12. The van der Waals surface area contributed by atoms with E-state index >= 15 is 0 Å². The first-order valence-corrected chi connectivity index (χ1v) is 6.85. The molecule has 0 saturated heterocycles. The minimum atomic E-state index is -3.59. The number of carboxylic acids is 1. The molecule has 0 aromatic carbocycles.